The van der Waals surface area contributed by atoms with Gasteiger partial charge in [0.2, 0.25) is 0 Å². The van der Waals surface area contributed by atoms with Crippen molar-refractivity contribution < 1.29 is 0 Å². The van der Waals surface area contributed by atoms with Gasteiger partial charge in [-0.25, -0.2) is 4.98 Å². The first-order valence-electron chi connectivity index (χ1n) is 7.37. The maximum atomic E-state index is 4.74. The van der Waals surface area contributed by atoms with E-state index in [-0.39, 0.29) is 0 Å². The number of thiazole rings is 1. The maximum absolute atomic E-state index is 4.74. The first-order valence-corrected chi connectivity index (χ1v) is 8.18. The fourth-order valence-electron chi connectivity index (χ4n) is 2.37. The monoisotopic (exact) mass is 296 g/mol. The van der Waals surface area contributed by atoms with Crippen LogP contribution in [0.15, 0.2) is 48.5 Å². The molecule has 0 radical (unpaired) electrons. The zero-order valence-electron chi connectivity index (χ0n) is 12.5. The summed E-state index contributed by atoms with van der Waals surface area (Å²) >= 11 is 1.79. The Kier molecular flexibility index (Phi) is 4.32. The van der Waals surface area contributed by atoms with Gasteiger partial charge in [-0.2, -0.15) is 0 Å². The van der Waals surface area contributed by atoms with Gasteiger partial charge in [0.15, 0.2) is 0 Å². The zero-order chi connectivity index (χ0) is 14.7. The third-order valence-corrected chi connectivity index (χ3v) is 4.54. The molecule has 0 saturated heterocycles. The summed E-state index contributed by atoms with van der Waals surface area (Å²) in [4.78, 5) is 4.74. The lowest BCUT2D eigenvalue weighted by molar-refractivity contribution is 0.587. The van der Waals surface area contributed by atoms with Crippen LogP contribution < -0.4 is 5.32 Å². The van der Waals surface area contributed by atoms with Crippen molar-refractivity contribution in [2.45, 2.75) is 32.9 Å². The highest BCUT2D eigenvalue weighted by Crippen LogP contribution is 2.24. The van der Waals surface area contributed by atoms with Crippen LogP contribution in [0.2, 0.25) is 0 Å². The minimum absolute atomic E-state index is 0.500. The molecule has 1 aromatic heterocycles. The highest BCUT2D eigenvalue weighted by molar-refractivity contribution is 7.18. The highest BCUT2D eigenvalue weighted by Gasteiger charge is 2.08. The fourth-order valence-corrected chi connectivity index (χ4v) is 3.37. The average molecular weight is 296 g/mol. The van der Waals surface area contributed by atoms with Crippen molar-refractivity contribution in [2.75, 3.05) is 0 Å². The van der Waals surface area contributed by atoms with Gasteiger partial charge in [0, 0.05) is 19.0 Å². The average Bonchev–Trinajstić information content (AvgIpc) is 2.88. The second-order valence-corrected chi connectivity index (χ2v) is 6.67. The van der Waals surface area contributed by atoms with Crippen molar-refractivity contribution in [3.05, 3.63) is 64.7 Å². The molecule has 0 aliphatic carbocycles. The SMILES string of the molecule is CC(C)NCc1ccccc1Cc1nc2ccccc2s1. The number of para-hydroxylation sites is 1. The van der Waals surface area contributed by atoms with Crippen molar-refractivity contribution >= 4 is 21.6 Å². The smallest absolute Gasteiger partial charge is 0.0982 e. The predicted molar refractivity (Wildman–Crippen MR) is 90.8 cm³/mol. The quantitative estimate of drug-likeness (QED) is 0.755. The van der Waals surface area contributed by atoms with Gasteiger partial charge in [-0.15, -0.1) is 11.3 Å². The Balaban J connectivity index is 1.83. The van der Waals surface area contributed by atoms with Crippen LogP contribution >= 0.6 is 11.3 Å². The molecule has 0 amide bonds. The largest absolute Gasteiger partial charge is 0.310 e. The third kappa shape index (κ3) is 3.49. The second-order valence-electron chi connectivity index (χ2n) is 5.56. The van der Waals surface area contributed by atoms with Gasteiger partial charge in [0.05, 0.1) is 15.2 Å². The van der Waals surface area contributed by atoms with E-state index in [1.165, 1.54) is 20.8 Å². The van der Waals surface area contributed by atoms with Gasteiger partial charge in [0.25, 0.3) is 0 Å². The molecule has 1 N–H and O–H groups in total. The topological polar surface area (TPSA) is 24.9 Å². The molecule has 0 fully saturated rings. The summed E-state index contributed by atoms with van der Waals surface area (Å²) in [6.45, 7) is 5.27. The molecule has 2 nitrogen and oxygen atoms in total. The molecule has 21 heavy (non-hydrogen) atoms. The lowest BCUT2D eigenvalue weighted by atomic mass is 10.0. The molecule has 3 heteroatoms. The predicted octanol–water partition coefficient (Wildman–Crippen LogP) is 4.39. The van der Waals surface area contributed by atoms with Gasteiger partial charge in [-0.05, 0) is 23.3 Å². The van der Waals surface area contributed by atoms with Gasteiger partial charge in [-0.3, -0.25) is 0 Å². The third-order valence-electron chi connectivity index (χ3n) is 3.50. The molecule has 3 rings (SSSR count). The molecule has 0 aliphatic heterocycles. The van der Waals surface area contributed by atoms with E-state index in [4.69, 9.17) is 4.98 Å². The molecular weight excluding hydrogens is 276 g/mol. The van der Waals surface area contributed by atoms with Crippen LogP contribution in [0.25, 0.3) is 10.2 Å². The van der Waals surface area contributed by atoms with Gasteiger partial charge >= 0.3 is 0 Å². The number of rotatable bonds is 5. The molecule has 0 unspecified atom stereocenters. The summed E-state index contributed by atoms with van der Waals surface area (Å²) in [6.07, 6.45) is 0.912. The molecule has 1 heterocycles. The molecule has 0 aliphatic rings. The Morgan fingerprint density at radius 2 is 1.71 bits per heavy atom. The number of hydrogen-bond donors (Lipinski definition) is 1. The lowest BCUT2D eigenvalue weighted by Gasteiger charge is -2.11. The first-order chi connectivity index (χ1) is 10.2. The van der Waals surface area contributed by atoms with Crippen molar-refractivity contribution in [1.29, 1.82) is 0 Å². The van der Waals surface area contributed by atoms with Crippen LogP contribution in [0.1, 0.15) is 30.0 Å². The van der Waals surface area contributed by atoms with Crippen molar-refractivity contribution in [1.82, 2.24) is 10.3 Å². The van der Waals surface area contributed by atoms with E-state index >= 15 is 0 Å². The highest BCUT2D eigenvalue weighted by atomic mass is 32.1. The standard InChI is InChI=1S/C18H20N2S/c1-13(2)19-12-15-8-4-3-7-14(15)11-18-20-16-9-5-6-10-17(16)21-18/h3-10,13,19H,11-12H2,1-2H3. The van der Waals surface area contributed by atoms with Gasteiger partial charge in [0.1, 0.15) is 0 Å². The Bertz CT molecular complexity index is 698. The van der Waals surface area contributed by atoms with Crippen molar-refractivity contribution in [3.63, 3.8) is 0 Å². The molecule has 2 aromatic carbocycles. The number of fused-ring (bicyclic) bond motifs is 1. The summed E-state index contributed by atoms with van der Waals surface area (Å²) < 4.78 is 1.27. The molecule has 0 saturated carbocycles. The molecule has 0 atom stereocenters. The minimum atomic E-state index is 0.500. The van der Waals surface area contributed by atoms with E-state index in [0.717, 1.165) is 18.5 Å². The Morgan fingerprint density at radius 1 is 1.00 bits per heavy atom. The van der Waals surface area contributed by atoms with E-state index in [0.29, 0.717) is 6.04 Å². The number of nitrogens with one attached hydrogen (secondary N) is 1. The molecule has 3 aromatic rings. The van der Waals surface area contributed by atoms with Crippen molar-refractivity contribution in [2.24, 2.45) is 0 Å². The van der Waals surface area contributed by atoms with Crippen LogP contribution in [0.5, 0.6) is 0 Å². The summed E-state index contributed by atoms with van der Waals surface area (Å²) in [6, 6.07) is 17.5. The number of nitrogens with zero attached hydrogens (tertiary/aromatic N) is 1. The van der Waals surface area contributed by atoms with Crippen molar-refractivity contribution in [3.8, 4) is 0 Å². The molecule has 0 spiro atoms. The van der Waals surface area contributed by atoms with Crippen LogP contribution in [-0.4, -0.2) is 11.0 Å². The van der Waals surface area contributed by atoms with E-state index in [2.05, 4.69) is 61.6 Å². The van der Waals surface area contributed by atoms with Crippen LogP contribution in [-0.2, 0) is 13.0 Å². The van der Waals surface area contributed by atoms with E-state index in [1.54, 1.807) is 11.3 Å². The summed E-state index contributed by atoms with van der Waals surface area (Å²) in [7, 11) is 0. The van der Waals surface area contributed by atoms with E-state index < -0.39 is 0 Å². The maximum Gasteiger partial charge on any atom is 0.0982 e. The van der Waals surface area contributed by atoms with E-state index in [1.807, 2.05) is 6.07 Å². The summed E-state index contributed by atoms with van der Waals surface area (Å²) in [5, 5.41) is 4.69. The second kappa shape index (κ2) is 6.37. The molecular formula is C18H20N2S. The van der Waals surface area contributed by atoms with Crippen LogP contribution in [0, 0.1) is 0 Å². The Hall–Kier alpha value is -1.71. The number of benzene rings is 2. The summed E-state index contributed by atoms with van der Waals surface area (Å²) in [5.41, 5.74) is 3.84. The first kappa shape index (κ1) is 14.2. The fraction of sp³-hybridized carbons (Fsp3) is 0.278. The molecule has 0 bridgehead atoms. The minimum Gasteiger partial charge on any atom is -0.310 e. The lowest BCUT2D eigenvalue weighted by Crippen LogP contribution is -2.22. The number of aromatic nitrogens is 1. The van der Waals surface area contributed by atoms with Gasteiger partial charge < -0.3 is 5.32 Å². The van der Waals surface area contributed by atoms with E-state index in [9.17, 15) is 0 Å². The summed E-state index contributed by atoms with van der Waals surface area (Å²) in [5.74, 6) is 0. The zero-order valence-corrected chi connectivity index (χ0v) is 13.3. The normalized spacial score (nSPS) is 11.4. The molecule has 108 valence electrons. The Labute approximate surface area is 129 Å². The van der Waals surface area contributed by atoms with Crippen LogP contribution in [0.3, 0.4) is 0 Å². The van der Waals surface area contributed by atoms with Gasteiger partial charge in [-0.1, -0.05) is 50.2 Å². The number of hydrogen-bond acceptors (Lipinski definition) is 3. The van der Waals surface area contributed by atoms with Crippen LogP contribution in [0.4, 0.5) is 0 Å². The Morgan fingerprint density at radius 3 is 2.48 bits per heavy atom.